The summed E-state index contributed by atoms with van der Waals surface area (Å²) in [6.07, 6.45) is 5.89. The van der Waals surface area contributed by atoms with Crippen molar-refractivity contribution >= 4 is 23.5 Å². The van der Waals surface area contributed by atoms with Gasteiger partial charge in [-0.25, -0.2) is 24.2 Å². The predicted molar refractivity (Wildman–Crippen MR) is 151 cm³/mol. The van der Waals surface area contributed by atoms with Crippen LogP contribution in [0.2, 0.25) is 0 Å². The summed E-state index contributed by atoms with van der Waals surface area (Å²) in [4.78, 5) is 26.1. The Morgan fingerprint density at radius 3 is 2.73 bits per heavy atom. The number of methoxy groups -OCH3 is 1. The molecule has 2 unspecified atom stereocenters. The van der Waals surface area contributed by atoms with Crippen molar-refractivity contribution in [2.75, 3.05) is 32.1 Å². The fourth-order valence-electron chi connectivity index (χ4n) is 4.59. The van der Waals surface area contributed by atoms with Gasteiger partial charge in [-0.05, 0) is 44.2 Å². The SMILES string of the molecule is C=CN1CCN(c2cc(-c3cc(C(F)F)ncc3OC)c(C(=O)NC3NN(C)C(C#CC4CC4)S3)cn2)/C1=C/C. The van der Waals surface area contributed by atoms with Gasteiger partial charge in [-0.1, -0.05) is 30.2 Å². The lowest BCUT2D eigenvalue weighted by molar-refractivity contribution is 0.0934. The van der Waals surface area contributed by atoms with E-state index >= 15 is 0 Å². The number of hydrazine groups is 1. The van der Waals surface area contributed by atoms with E-state index in [0.717, 1.165) is 18.7 Å². The average molecular weight is 568 g/mol. The smallest absolute Gasteiger partial charge is 0.280 e. The van der Waals surface area contributed by atoms with Crippen LogP contribution in [0.15, 0.2) is 49.2 Å². The minimum atomic E-state index is -2.79. The molecule has 9 nitrogen and oxygen atoms in total. The Kier molecular flexibility index (Phi) is 8.25. The predicted octanol–water partition coefficient (Wildman–Crippen LogP) is 4.15. The third kappa shape index (κ3) is 5.77. The highest BCUT2D eigenvalue weighted by atomic mass is 32.2. The molecule has 0 spiro atoms. The van der Waals surface area contributed by atoms with Gasteiger partial charge >= 0.3 is 0 Å². The zero-order valence-electron chi connectivity index (χ0n) is 22.5. The number of carbonyl (C=O) groups excluding carboxylic acids is 1. The quantitative estimate of drug-likeness (QED) is 0.480. The van der Waals surface area contributed by atoms with Crippen LogP contribution in [0, 0.1) is 17.8 Å². The lowest BCUT2D eigenvalue weighted by atomic mass is 10.00. The van der Waals surface area contributed by atoms with Gasteiger partial charge in [0, 0.05) is 43.4 Å². The van der Waals surface area contributed by atoms with Crippen molar-refractivity contribution in [1.82, 2.24) is 30.6 Å². The van der Waals surface area contributed by atoms with E-state index in [1.807, 2.05) is 34.9 Å². The molecule has 2 saturated heterocycles. The van der Waals surface area contributed by atoms with Crippen molar-refractivity contribution < 1.29 is 18.3 Å². The number of hydrogen-bond donors (Lipinski definition) is 2. The first-order chi connectivity index (χ1) is 19.3. The number of alkyl halides is 2. The molecule has 0 aromatic carbocycles. The van der Waals surface area contributed by atoms with Crippen LogP contribution in [0.1, 0.15) is 42.2 Å². The molecule has 2 aliphatic heterocycles. The van der Waals surface area contributed by atoms with E-state index in [1.54, 1.807) is 12.3 Å². The molecule has 1 aliphatic carbocycles. The molecule has 40 heavy (non-hydrogen) atoms. The summed E-state index contributed by atoms with van der Waals surface area (Å²) < 4.78 is 32.8. The Bertz CT molecular complexity index is 1390. The van der Waals surface area contributed by atoms with Gasteiger partial charge in [0.15, 0.2) is 0 Å². The molecule has 3 aliphatic rings. The molecule has 12 heteroatoms. The van der Waals surface area contributed by atoms with E-state index in [-0.39, 0.29) is 16.7 Å². The van der Waals surface area contributed by atoms with Gasteiger partial charge < -0.3 is 19.9 Å². The summed E-state index contributed by atoms with van der Waals surface area (Å²) in [7, 11) is 3.31. The van der Waals surface area contributed by atoms with Crippen LogP contribution in [0.4, 0.5) is 14.6 Å². The number of rotatable bonds is 7. The summed E-state index contributed by atoms with van der Waals surface area (Å²) in [5.41, 5.74) is 3.30. The standard InChI is InChI=1S/C28H31F2N7O2S/c1-5-24-36(6-2)11-12-37(24)23-14-18(19-13-21(26(29)30)31-16-22(19)39-4)20(15-32-23)27(38)33-28-34-35(3)25(40-28)10-9-17-7-8-17/h5-6,13-17,25-26,28,34H,2,7-8,11-12H2,1,3-4H3,(H,33,38)/b24-5+. The lowest BCUT2D eigenvalue weighted by Gasteiger charge is -2.23. The van der Waals surface area contributed by atoms with Gasteiger partial charge in [-0.15, -0.1) is 0 Å². The number of halogens is 2. The van der Waals surface area contributed by atoms with Crippen LogP contribution in [0.25, 0.3) is 11.1 Å². The number of hydrogen-bond acceptors (Lipinski definition) is 9. The number of nitrogens with zero attached hydrogens (tertiary/aromatic N) is 5. The maximum Gasteiger partial charge on any atom is 0.280 e. The zero-order chi connectivity index (χ0) is 28.4. The van der Waals surface area contributed by atoms with Crippen LogP contribution in [0.3, 0.4) is 0 Å². The van der Waals surface area contributed by atoms with E-state index in [2.05, 4.69) is 39.1 Å². The number of nitrogens with one attached hydrogen (secondary N) is 2. The molecular weight excluding hydrogens is 536 g/mol. The van der Waals surface area contributed by atoms with Gasteiger partial charge in [0.05, 0.1) is 18.9 Å². The maximum atomic E-state index is 13.7. The monoisotopic (exact) mass is 567 g/mol. The highest BCUT2D eigenvalue weighted by molar-refractivity contribution is 8.00. The number of carbonyl (C=O) groups is 1. The van der Waals surface area contributed by atoms with Crippen molar-refractivity contribution in [1.29, 1.82) is 0 Å². The summed E-state index contributed by atoms with van der Waals surface area (Å²) in [6, 6.07) is 2.99. The van der Waals surface area contributed by atoms with E-state index in [0.29, 0.717) is 36.0 Å². The van der Waals surface area contributed by atoms with Crippen LogP contribution in [-0.4, -0.2) is 63.9 Å². The van der Waals surface area contributed by atoms with Crippen molar-refractivity contribution in [3.8, 4) is 28.7 Å². The maximum absolute atomic E-state index is 13.7. The van der Waals surface area contributed by atoms with Gasteiger partial charge in [-0.2, -0.15) is 0 Å². The number of aromatic nitrogens is 2. The minimum absolute atomic E-state index is 0.109. The third-order valence-corrected chi connectivity index (χ3v) is 8.02. The number of amides is 1. The molecule has 0 bridgehead atoms. The Balaban J connectivity index is 1.50. The van der Waals surface area contributed by atoms with E-state index in [9.17, 15) is 13.6 Å². The third-order valence-electron chi connectivity index (χ3n) is 6.83. The Morgan fingerprint density at radius 2 is 2.05 bits per heavy atom. The van der Waals surface area contributed by atoms with Gasteiger partial charge in [-0.3, -0.25) is 9.78 Å². The molecule has 1 saturated carbocycles. The molecule has 0 radical (unpaired) electrons. The minimum Gasteiger partial charge on any atom is -0.494 e. The Labute approximate surface area is 236 Å². The molecule has 2 N–H and O–H groups in total. The van der Waals surface area contributed by atoms with Crippen LogP contribution in [-0.2, 0) is 0 Å². The molecular formula is C28H31F2N7O2S. The van der Waals surface area contributed by atoms with Crippen molar-refractivity contribution in [3.63, 3.8) is 0 Å². The largest absolute Gasteiger partial charge is 0.494 e. The van der Waals surface area contributed by atoms with E-state index < -0.39 is 23.5 Å². The summed E-state index contributed by atoms with van der Waals surface area (Å²) in [5.74, 6) is 8.29. The average Bonchev–Trinajstić information content (AvgIpc) is 3.59. The fourth-order valence-corrected chi connectivity index (χ4v) is 5.63. The number of thioether (sulfide) groups is 1. The number of pyridine rings is 2. The first kappa shape index (κ1) is 27.9. The van der Waals surface area contributed by atoms with E-state index in [4.69, 9.17) is 4.74 Å². The Hall–Kier alpha value is -3.66. The highest BCUT2D eigenvalue weighted by Gasteiger charge is 2.32. The summed E-state index contributed by atoms with van der Waals surface area (Å²) in [5, 5.41) is 4.74. The second-order valence-corrected chi connectivity index (χ2v) is 10.7. The fraction of sp³-hybridized carbons (Fsp3) is 0.393. The molecule has 210 valence electrons. The van der Waals surface area contributed by atoms with Gasteiger partial charge in [0.1, 0.15) is 34.0 Å². The van der Waals surface area contributed by atoms with Gasteiger partial charge in [0.25, 0.3) is 12.3 Å². The van der Waals surface area contributed by atoms with Crippen molar-refractivity contribution in [2.24, 2.45) is 5.92 Å². The summed E-state index contributed by atoms with van der Waals surface area (Å²) in [6.45, 7) is 7.13. The molecule has 5 rings (SSSR count). The zero-order valence-corrected chi connectivity index (χ0v) is 23.3. The Morgan fingerprint density at radius 1 is 1.25 bits per heavy atom. The number of anilines is 1. The molecule has 1 amide bonds. The molecule has 2 aromatic rings. The van der Waals surface area contributed by atoms with E-state index in [1.165, 1.54) is 37.3 Å². The number of allylic oxidation sites excluding steroid dienone is 1. The summed E-state index contributed by atoms with van der Waals surface area (Å²) >= 11 is 1.48. The topological polar surface area (TPSA) is 85.9 Å². The highest BCUT2D eigenvalue weighted by Crippen LogP contribution is 2.37. The van der Waals surface area contributed by atoms with Crippen molar-refractivity contribution in [3.05, 3.63) is 60.5 Å². The second kappa shape index (κ2) is 11.8. The second-order valence-electron chi connectivity index (χ2n) is 9.52. The first-order valence-electron chi connectivity index (χ1n) is 12.9. The van der Waals surface area contributed by atoms with Gasteiger partial charge in [0.2, 0.25) is 0 Å². The molecule has 4 heterocycles. The first-order valence-corrected chi connectivity index (χ1v) is 13.9. The molecule has 2 atom stereocenters. The van der Waals surface area contributed by atoms with Crippen LogP contribution < -0.4 is 20.4 Å². The number of ether oxygens (including phenoxy) is 1. The van der Waals surface area contributed by atoms with Crippen molar-refractivity contribution in [2.45, 2.75) is 37.1 Å². The normalized spacial score (nSPS) is 22.0. The van der Waals surface area contributed by atoms with Crippen LogP contribution in [0.5, 0.6) is 5.75 Å². The molecule has 3 fully saturated rings. The van der Waals surface area contributed by atoms with Crippen LogP contribution >= 0.6 is 11.8 Å². The lowest BCUT2D eigenvalue weighted by Crippen LogP contribution is -2.44. The molecule has 2 aromatic heterocycles.